The summed E-state index contributed by atoms with van der Waals surface area (Å²) in [5.74, 6) is -0.670. The van der Waals surface area contributed by atoms with Crippen LogP contribution in [0.1, 0.15) is 44.4 Å². The summed E-state index contributed by atoms with van der Waals surface area (Å²) in [6, 6.07) is 25.1. The van der Waals surface area contributed by atoms with Gasteiger partial charge in [0.2, 0.25) is 5.91 Å². The molecule has 0 bridgehead atoms. The number of carbonyl (C=O) groups excluding carboxylic acids is 3. The molecule has 3 rings (SSSR count). The third-order valence-corrected chi connectivity index (χ3v) is 5.26. The van der Waals surface area contributed by atoms with Crippen molar-refractivity contribution in [2.24, 2.45) is 0 Å². The Morgan fingerprint density at radius 2 is 1.38 bits per heavy atom. The molecular formula is C31H34N2O6. The third kappa shape index (κ3) is 10.4. The van der Waals surface area contributed by atoms with E-state index < -0.39 is 29.6 Å². The van der Waals surface area contributed by atoms with Crippen LogP contribution in [-0.4, -0.2) is 29.6 Å². The number of carbonyl (C=O) groups is 3. The van der Waals surface area contributed by atoms with E-state index in [0.717, 1.165) is 11.1 Å². The number of hydrogen-bond acceptors (Lipinski definition) is 6. The highest BCUT2D eigenvalue weighted by Crippen LogP contribution is 2.17. The number of ether oxygens (including phenoxy) is 3. The number of rotatable bonds is 10. The van der Waals surface area contributed by atoms with Crippen LogP contribution in [0.4, 0.5) is 4.79 Å². The zero-order chi connectivity index (χ0) is 28.3. The number of esters is 1. The largest absolute Gasteiger partial charge is 0.489 e. The molecule has 0 unspecified atom stereocenters. The maximum Gasteiger partial charge on any atom is 0.408 e. The topological polar surface area (TPSA) is 103 Å². The molecule has 0 saturated heterocycles. The van der Waals surface area contributed by atoms with Gasteiger partial charge in [0.25, 0.3) is 0 Å². The molecule has 204 valence electrons. The smallest absolute Gasteiger partial charge is 0.408 e. The second-order valence-electron chi connectivity index (χ2n) is 9.82. The maximum absolute atomic E-state index is 13.0. The van der Waals surface area contributed by atoms with Crippen molar-refractivity contribution >= 4 is 24.0 Å². The fraction of sp³-hybridized carbons (Fsp3) is 0.258. The van der Waals surface area contributed by atoms with Crippen molar-refractivity contribution in [3.63, 3.8) is 0 Å². The highest BCUT2D eigenvalue weighted by Gasteiger charge is 2.23. The standard InChI is InChI=1S/C31H34N2O6/c1-22(32-30(36)39-31(2,3)4)28(34)33-27(29(35)38-21-25-13-9-6-10-14-25)19-23-15-17-26(18-16-23)37-20-24-11-7-5-8-12-24/h5-19,22H,20-21H2,1-4H3,(H,32,36)(H,33,34)/b27-19+/t22-/m0/s1. The minimum Gasteiger partial charge on any atom is -0.489 e. The van der Waals surface area contributed by atoms with E-state index in [0.29, 0.717) is 17.9 Å². The first-order chi connectivity index (χ1) is 18.6. The van der Waals surface area contributed by atoms with E-state index in [4.69, 9.17) is 14.2 Å². The lowest BCUT2D eigenvalue weighted by Crippen LogP contribution is -2.47. The molecule has 8 nitrogen and oxygen atoms in total. The number of hydrogen-bond donors (Lipinski definition) is 2. The number of amides is 2. The Labute approximate surface area is 229 Å². The molecule has 2 amide bonds. The van der Waals surface area contributed by atoms with Crippen molar-refractivity contribution in [2.45, 2.75) is 52.6 Å². The average molecular weight is 531 g/mol. The number of nitrogens with one attached hydrogen (secondary N) is 2. The van der Waals surface area contributed by atoms with Gasteiger partial charge in [0.1, 0.15) is 36.3 Å². The lowest BCUT2D eigenvalue weighted by atomic mass is 10.1. The Balaban J connectivity index is 1.71. The van der Waals surface area contributed by atoms with Crippen LogP contribution in [0.5, 0.6) is 5.75 Å². The lowest BCUT2D eigenvalue weighted by Gasteiger charge is -2.22. The maximum atomic E-state index is 13.0. The average Bonchev–Trinajstić information content (AvgIpc) is 2.91. The van der Waals surface area contributed by atoms with Crippen LogP contribution >= 0.6 is 0 Å². The second kappa shape index (κ2) is 13.8. The summed E-state index contributed by atoms with van der Waals surface area (Å²) in [5, 5.41) is 5.04. The van der Waals surface area contributed by atoms with E-state index in [1.54, 1.807) is 45.0 Å². The number of alkyl carbamates (subject to hydrolysis) is 1. The molecular weight excluding hydrogens is 496 g/mol. The molecule has 0 saturated carbocycles. The van der Waals surface area contributed by atoms with Gasteiger partial charge in [0, 0.05) is 0 Å². The SMILES string of the molecule is C[C@H](NC(=O)OC(C)(C)C)C(=O)N/C(=C/c1ccc(OCc2ccccc2)cc1)C(=O)OCc1ccccc1. The molecule has 0 heterocycles. The summed E-state index contributed by atoms with van der Waals surface area (Å²) < 4.78 is 16.5. The first kappa shape index (κ1) is 29.0. The first-order valence-electron chi connectivity index (χ1n) is 12.6. The van der Waals surface area contributed by atoms with E-state index in [9.17, 15) is 14.4 Å². The predicted molar refractivity (Wildman–Crippen MR) is 148 cm³/mol. The number of benzene rings is 3. The van der Waals surface area contributed by atoms with Crippen LogP contribution in [0.2, 0.25) is 0 Å². The van der Waals surface area contributed by atoms with Crippen LogP contribution in [0, 0.1) is 0 Å². The van der Waals surface area contributed by atoms with E-state index >= 15 is 0 Å². The summed E-state index contributed by atoms with van der Waals surface area (Å²) in [4.78, 5) is 37.9. The molecule has 0 aliphatic heterocycles. The van der Waals surface area contributed by atoms with Gasteiger partial charge in [-0.3, -0.25) is 4.79 Å². The van der Waals surface area contributed by atoms with Gasteiger partial charge in [-0.25, -0.2) is 9.59 Å². The molecule has 0 aliphatic rings. The quantitative estimate of drug-likeness (QED) is 0.270. The van der Waals surface area contributed by atoms with Gasteiger partial charge in [0.05, 0.1) is 0 Å². The molecule has 0 aromatic heterocycles. The fourth-order valence-electron chi connectivity index (χ4n) is 3.31. The minimum atomic E-state index is -0.973. The Morgan fingerprint density at radius 1 is 0.821 bits per heavy atom. The van der Waals surface area contributed by atoms with Crippen LogP contribution in [0.15, 0.2) is 90.6 Å². The monoisotopic (exact) mass is 530 g/mol. The van der Waals surface area contributed by atoms with Gasteiger partial charge in [-0.15, -0.1) is 0 Å². The molecule has 1 atom stereocenters. The highest BCUT2D eigenvalue weighted by molar-refractivity contribution is 5.99. The predicted octanol–water partition coefficient (Wildman–Crippen LogP) is 5.38. The van der Waals surface area contributed by atoms with Gasteiger partial charge in [-0.1, -0.05) is 72.8 Å². The van der Waals surface area contributed by atoms with Crippen LogP contribution in [0.3, 0.4) is 0 Å². The fourth-order valence-corrected chi connectivity index (χ4v) is 3.31. The van der Waals surface area contributed by atoms with Gasteiger partial charge in [-0.2, -0.15) is 0 Å². The normalized spacial score (nSPS) is 12.2. The molecule has 8 heteroatoms. The summed E-state index contributed by atoms with van der Waals surface area (Å²) in [7, 11) is 0. The Bertz CT molecular complexity index is 1270. The zero-order valence-corrected chi connectivity index (χ0v) is 22.6. The molecule has 39 heavy (non-hydrogen) atoms. The molecule has 2 N–H and O–H groups in total. The van der Waals surface area contributed by atoms with Crippen molar-refractivity contribution in [3.8, 4) is 5.75 Å². The van der Waals surface area contributed by atoms with E-state index in [1.807, 2.05) is 60.7 Å². The molecule has 0 spiro atoms. The Morgan fingerprint density at radius 3 is 1.95 bits per heavy atom. The minimum absolute atomic E-state index is 0.0326. The van der Waals surface area contributed by atoms with Crippen molar-refractivity contribution in [3.05, 3.63) is 107 Å². The van der Waals surface area contributed by atoms with E-state index in [2.05, 4.69) is 10.6 Å². The van der Waals surface area contributed by atoms with Crippen LogP contribution in [-0.2, 0) is 32.3 Å². The van der Waals surface area contributed by atoms with Gasteiger partial charge in [0.15, 0.2) is 0 Å². The highest BCUT2D eigenvalue weighted by atomic mass is 16.6. The van der Waals surface area contributed by atoms with Crippen LogP contribution < -0.4 is 15.4 Å². The van der Waals surface area contributed by atoms with Crippen molar-refractivity contribution < 1.29 is 28.6 Å². The van der Waals surface area contributed by atoms with Gasteiger partial charge >= 0.3 is 12.1 Å². The molecule has 0 aliphatic carbocycles. The summed E-state index contributed by atoms with van der Waals surface area (Å²) in [5.41, 5.74) is 1.69. The van der Waals surface area contributed by atoms with Crippen LogP contribution in [0.25, 0.3) is 6.08 Å². The van der Waals surface area contributed by atoms with E-state index in [-0.39, 0.29) is 12.3 Å². The summed E-state index contributed by atoms with van der Waals surface area (Å²) >= 11 is 0. The Kier molecular flexibility index (Phi) is 10.3. The van der Waals surface area contributed by atoms with Gasteiger partial charge < -0.3 is 24.8 Å². The molecule has 0 radical (unpaired) electrons. The van der Waals surface area contributed by atoms with Crippen molar-refractivity contribution in [1.29, 1.82) is 0 Å². The lowest BCUT2D eigenvalue weighted by molar-refractivity contribution is -0.141. The van der Waals surface area contributed by atoms with Gasteiger partial charge in [-0.05, 0) is 62.6 Å². The Hall–Kier alpha value is -4.59. The van der Waals surface area contributed by atoms with Crippen molar-refractivity contribution in [2.75, 3.05) is 0 Å². The third-order valence-electron chi connectivity index (χ3n) is 5.26. The van der Waals surface area contributed by atoms with E-state index in [1.165, 1.54) is 13.0 Å². The zero-order valence-electron chi connectivity index (χ0n) is 22.6. The molecule has 0 fully saturated rings. The first-order valence-corrected chi connectivity index (χ1v) is 12.6. The summed E-state index contributed by atoms with van der Waals surface area (Å²) in [6.07, 6.45) is 0.764. The second-order valence-corrected chi connectivity index (χ2v) is 9.82. The molecule has 3 aromatic carbocycles. The summed E-state index contributed by atoms with van der Waals surface area (Å²) in [6.45, 7) is 7.11. The van der Waals surface area contributed by atoms with Crippen molar-refractivity contribution in [1.82, 2.24) is 10.6 Å². The molecule has 3 aromatic rings.